The lowest BCUT2D eigenvalue weighted by atomic mass is 9.93. The second-order valence-electron chi connectivity index (χ2n) is 6.05. The molecule has 1 aliphatic rings. The minimum atomic E-state index is -0.558. The van der Waals surface area contributed by atoms with Gasteiger partial charge in [0.25, 0.3) is 0 Å². The van der Waals surface area contributed by atoms with E-state index in [1.54, 1.807) is 0 Å². The van der Waals surface area contributed by atoms with E-state index in [1.165, 1.54) is 25.9 Å². The van der Waals surface area contributed by atoms with Crippen LogP contribution >= 0.6 is 0 Å². The van der Waals surface area contributed by atoms with E-state index in [2.05, 4.69) is 31.1 Å². The van der Waals surface area contributed by atoms with Gasteiger partial charge in [-0.25, -0.2) is 0 Å². The fourth-order valence-corrected chi connectivity index (χ4v) is 2.53. The average molecular weight is 228 g/mol. The van der Waals surface area contributed by atoms with Crippen molar-refractivity contribution in [1.82, 2.24) is 10.2 Å². The Balaban J connectivity index is 2.23. The highest BCUT2D eigenvalue weighted by Gasteiger charge is 2.24. The molecule has 0 radical (unpaired) electrons. The number of likely N-dealkylation sites (tertiary alicyclic amines) is 1. The largest absolute Gasteiger partial charge is 0.389 e. The molecule has 0 aromatic heterocycles. The van der Waals surface area contributed by atoms with Crippen molar-refractivity contribution in [1.29, 1.82) is 0 Å². The van der Waals surface area contributed by atoms with Crippen LogP contribution in [0.15, 0.2) is 0 Å². The maximum atomic E-state index is 10.2. The fourth-order valence-electron chi connectivity index (χ4n) is 2.53. The highest BCUT2D eigenvalue weighted by molar-refractivity contribution is 4.82. The summed E-state index contributed by atoms with van der Waals surface area (Å²) in [6.07, 6.45) is 3.27. The number of nitrogens with zero attached hydrogens (tertiary/aromatic N) is 1. The predicted octanol–water partition coefficient (Wildman–Crippen LogP) is 1.47. The van der Waals surface area contributed by atoms with Crippen LogP contribution in [0.1, 0.15) is 40.0 Å². The van der Waals surface area contributed by atoms with E-state index in [9.17, 15) is 5.11 Å². The molecule has 0 aliphatic carbocycles. The summed E-state index contributed by atoms with van der Waals surface area (Å²) >= 11 is 0. The Morgan fingerprint density at radius 2 is 1.94 bits per heavy atom. The van der Waals surface area contributed by atoms with Crippen LogP contribution in [0.25, 0.3) is 0 Å². The Labute approximate surface area is 100 Å². The summed E-state index contributed by atoms with van der Waals surface area (Å²) < 4.78 is 0. The molecule has 0 amide bonds. The number of rotatable bonds is 5. The molecule has 3 heteroatoms. The molecule has 0 aromatic carbocycles. The van der Waals surface area contributed by atoms with Crippen LogP contribution in [0, 0.1) is 5.92 Å². The zero-order valence-corrected chi connectivity index (χ0v) is 11.3. The SMILES string of the molecule is CC(C)CC(C)(O)CNC1CCN(C)CC1. The maximum Gasteiger partial charge on any atom is 0.0746 e. The second kappa shape index (κ2) is 5.99. The Hall–Kier alpha value is -0.120. The zero-order valence-electron chi connectivity index (χ0n) is 11.3. The van der Waals surface area contributed by atoms with Crippen molar-refractivity contribution in [2.75, 3.05) is 26.7 Å². The summed E-state index contributed by atoms with van der Waals surface area (Å²) in [4.78, 5) is 2.37. The summed E-state index contributed by atoms with van der Waals surface area (Å²) in [5.41, 5.74) is -0.558. The quantitative estimate of drug-likeness (QED) is 0.748. The highest BCUT2D eigenvalue weighted by Crippen LogP contribution is 2.16. The van der Waals surface area contributed by atoms with Crippen molar-refractivity contribution in [3.05, 3.63) is 0 Å². The molecule has 1 aliphatic heterocycles. The van der Waals surface area contributed by atoms with Gasteiger partial charge in [-0.05, 0) is 52.2 Å². The van der Waals surface area contributed by atoms with Crippen molar-refractivity contribution in [2.24, 2.45) is 5.92 Å². The van der Waals surface area contributed by atoms with Crippen LogP contribution < -0.4 is 5.32 Å². The lowest BCUT2D eigenvalue weighted by Gasteiger charge is -2.33. The van der Waals surface area contributed by atoms with E-state index in [0.29, 0.717) is 12.0 Å². The first-order valence-corrected chi connectivity index (χ1v) is 6.53. The van der Waals surface area contributed by atoms with E-state index in [-0.39, 0.29) is 0 Å². The molecule has 96 valence electrons. The van der Waals surface area contributed by atoms with E-state index in [1.807, 2.05) is 6.92 Å². The molecule has 3 nitrogen and oxygen atoms in total. The first kappa shape index (κ1) is 13.9. The van der Waals surface area contributed by atoms with Crippen molar-refractivity contribution in [2.45, 2.75) is 51.7 Å². The minimum absolute atomic E-state index is 0.550. The van der Waals surface area contributed by atoms with Crippen LogP contribution in [0.3, 0.4) is 0 Å². The molecular weight excluding hydrogens is 200 g/mol. The van der Waals surface area contributed by atoms with Gasteiger partial charge in [0.1, 0.15) is 0 Å². The first-order valence-electron chi connectivity index (χ1n) is 6.53. The van der Waals surface area contributed by atoms with Gasteiger partial charge in [-0.15, -0.1) is 0 Å². The van der Waals surface area contributed by atoms with E-state index in [0.717, 1.165) is 13.0 Å². The van der Waals surface area contributed by atoms with Gasteiger partial charge < -0.3 is 15.3 Å². The standard InChI is InChI=1S/C13H28N2O/c1-11(2)9-13(3,16)10-14-12-5-7-15(4)8-6-12/h11-12,14,16H,5-10H2,1-4H3. The van der Waals surface area contributed by atoms with Crippen LogP contribution in [0.4, 0.5) is 0 Å². The summed E-state index contributed by atoms with van der Waals surface area (Å²) in [7, 11) is 2.17. The number of hydrogen-bond acceptors (Lipinski definition) is 3. The number of nitrogens with one attached hydrogen (secondary N) is 1. The third kappa shape index (κ3) is 5.28. The van der Waals surface area contributed by atoms with Crippen molar-refractivity contribution >= 4 is 0 Å². The van der Waals surface area contributed by atoms with Gasteiger partial charge in [0.05, 0.1) is 5.60 Å². The monoisotopic (exact) mass is 228 g/mol. The smallest absolute Gasteiger partial charge is 0.0746 e. The molecule has 0 saturated carbocycles. The molecule has 0 aromatic rings. The topological polar surface area (TPSA) is 35.5 Å². The maximum absolute atomic E-state index is 10.2. The molecule has 16 heavy (non-hydrogen) atoms. The Kier molecular flexibility index (Phi) is 5.22. The molecule has 1 heterocycles. The van der Waals surface area contributed by atoms with Gasteiger partial charge in [0, 0.05) is 12.6 Å². The van der Waals surface area contributed by atoms with E-state index < -0.39 is 5.60 Å². The summed E-state index contributed by atoms with van der Waals surface area (Å²) in [5.74, 6) is 0.550. The van der Waals surface area contributed by atoms with Crippen LogP contribution in [-0.4, -0.2) is 48.3 Å². The Bertz CT molecular complexity index is 196. The van der Waals surface area contributed by atoms with Gasteiger partial charge >= 0.3 is 0 Å². The molecular formula is C13H28N2O. The lowest BCUT2D eigenvalue weighted by Crippen LogP contribution is -2.47. The molecule has 1 fully saturated rings. The van der Waals surface area contributed by atoms with Gasteiger partial charge in [0.15, 0.2) is 0 Å². The van der Waals surface area contributed by atoms with Crippen molar-refractivity contribution in [3.63, 3.8) is 0 Å². The minimum Gasteiger partial charge on any atom is -0.389 e. The molecule has 1 saturated heterocycles. The van der Waals surface area contributed by atoms with Crippen LogP contribution in [0.5, 0.6) is 0 Å². The average Bonchev–Trinajstić information content (AvgIpc) is 2.15. The molecule has 0 bridgehead atoms. The molecule has 1 rings (SSSR count). The number of piperidine rings is 1. The van der Waals surface area contributed by atoms with Gasteiger partial charge in [-0.3, -0.25) is 0 Å². The van der Waals surface area contributed by atoms with E-state index >= 15 is 0 Å². The van der Waals surface area contributed by atoms with E-state index in [4.69, 9.17) is 0 Å². The Morgan fingerprint density at radius 3 is 2.44 bits per heavy atom. The molecule has 0 spiro atoms. The van der Waals surface area contributed by atoms with Crippen molar-refractivity contribution < 1.29 is 5.11 Å². The summed E-state index contributed by atoms with van der Waals surface area (Å²) in [6.45, 7) is 9.32. The normalized spacial score (nSPS) is 23.6. The predicted molar refractivity (Wildman–Crippen MR) is 68.6 cm³/mol. The van der Waals surface area contributed by atoms with Gasteiger partial charge in [-0.1, -0.05) is 13.8 Å². The van der Waals surface area contributed by atoms with Gasteiger partial charge in [0.2, 0.25) is 0 Å². The third-order valence-corrected chi connectivity index (χ3v) is 3.34. The third-order valence-electron chi connectivity index (χ3n) is 3.34. The summed E-state index contributed by atoms with van der Waals surface area (Å²) in [6, 6.07) is 0.592. The summed E-state index contributed by atoms with van der Waals surface area (Å²) in [5, 5.41) is 13.7. The number of hydrogen-bond donors (Lipinski definition) is 2. The molecule has 1 atom stereocenters. The zero-order chi connectivity index (χ0) is 12.2. The Morgan fingerprint density at radius 1 is 1.38 bits per heavy atom. The molecule has 2 N–H and O–H groups in total. The second-order valence-corrected chi connectivity index (χ2v) is 6.05. The highest BCUT2D eigenvalue weighted by atomic mass is 16.3. The lowest BCUT2D eigenvalue weighted by molar-refractivity contribution is 0.0336. The fraction of sp³-hybridized carbons (Fsp3) is 1.00. The van der Waals surface area contributed by atoms with Crippen LogP contribution in [0.2, 0.25) is 0 Å². The van der Waals surface area contributed by atoms with Crippen molar-refractivity contribution in [3.8, 4) is 0 Å². The first-order chi connectivity index (χ1) is 7.39. The number of aliphatic hydroxyl groups is 1. The van der Waals surface area contributed by atoms with Gasteiger partial charge in [-0.2, -0.15) is 0 Å². The molecule has 1 unspecified atom stereocenters. The van der Waals surface area contributed by atoms with Crippen LogP contribution in [-0.2, 0) is 0 Å².